The summed E-state index contributed by atoms with van der Waals surface area (Å²) in [4.78, 5) is 34.3. The molecule has 2 N–H and O–H groups in total. The Morgan fingerprint density at radius 1 is 0.733 bits per heavy atom. The molecule has 1 amide bonds. The molecule has 0 aromatic carbocycles. The molecular weight excluding hydrogens is 382 g/mol. The van der Waals surface area contributed by atoms with E-state index < -0.39 is 18.0 Å². The number of hydrogen-bond acceptors (Lipinski definition) is 4. The molecule has 6 heteroatoms. The molecule has 0 spiro atoms. The summed E-state index contributed by atoms with van der Waals surface area (Å²) in [6.07, 6.45) is 19.3. The lowest BCUT2D eigenvalue weighted by atomic mass is 10.0. The monoisotopic (exact) mass is 427 g/mol. The number of esters is 1. The first-order valence-electron chi connectivity index (χ1n) is 12.1. The van der Waals surface area contributed by atoms with Gasteiger partial charge in [-0.2, -0.15) is 0 Å². The maximum Gasteiger partial charge on any atom is 0.328 e. The summed E-state index contributed by atoms with van der Waals surface area (Å²) in [5.74, 6) is -1.81. The summed E-state index contributed by atoms with van der Waals surface area (Å²) >= 11 is 0. The Kier molecular flexibility index (Phi) is 19.6. The van der Waals surface area contributed by atoms with Crippen LogP contribution >= 0.6 is 0 Å². The van der Waals surface area contributed by atoms with Crippen molar-refractivity contribution in [1.29, 1.82) is 0 Å². The van der Waals surface area contributed by atoms with Crippen molar-refractivity contribution in [3.8, 4) is 0 Å². The van der Waals surface area contributed by atoms with Crippen molar-refractivity contribution < 1.29 is 24.2 Å². The van der Waals surface area contributed by atoms with Crippen LogP contribution in [0.1, 0.15) is 122 Å². The number of hydrogen-bond donors (Lipinski definition) is 2. The fraction of sp³-hybridized carbons (Fsp3) is 0.875. The van der Waals surface area contributed by atoms with Gasteiger partial charge in [-0.25, -0.2) is 4.79 Å². The van der Waals surface area contributed by atoms with Crippen molar-refractivity contribution in [2.75, 3.05) is 7.11 Å². The number of carbonyl (C=O) groups excluding carboxylic acids is 2. The van der Waals surface area contributed by atoms with Crippen LogP contribution in [0.2, 0.25) is 0 Å². The maximum atomic E-state index is 12.0. The van der Waals surface area contributed by atoms with Gasteiger partial charge in [-0.3, -0.25) is 9.59 Å². The number of aliphatic carboxylic acids is 1. The van der Waals surface area contributed by atoms with Gasteiger partial charge in [-0.1, -0.05) is 96.8 Å². The van der Waals surface area contributed by atoms with Crippen LogP contribution < -0.4 is 5.32 Å². The fourth-order valence-corrected chi connectivity index (χ4v) is 3.58. The second-order valence-corrected chi connectivity index (χ2v) is 8.28. The first-order valence-corrected chi connectivity index (χ1v) is 12.1. The number of carboxylic acid groups (broad SMARTS) is 1. The summed E-state index contributed by atoms with van der Waals surface area (Å²) in [6, 6.07) is -0.880. The molecule has 0 saturated carbocycles. The number of methoxy groups -OCH3 is 1. The summed E-state index contributed by atoms with van der Waals surface area (Å²) in [6.45, 7) is 2.26. The van der Waals surface area contributed by atoms with Crippen LogP contribution in [0, 0.1) is 0 Å². The highest BCUT2D eigenvalue weighted by Gasteiger charge is 2.22. The highest BCUT2D eigenvalue weighted by atomic mass is 16.5. The van der Waals surface area contributed by atoms with Crippen LogP contribution in [0.25, 0.3) is 0 Å². The lowest BCUT2D eigenvalue weighted by Gasteiger charge is -2.15. The highest BCUT2D eigenvalue weighted by Crippen LogP contribution is 2.13. The van der Waals surface area contributed by atoms with E-state index in [-0.39, 0.29) is 18.7 Å². The molecule has 0 bridgehead atoms. The van der Waals surface area contributed by atoms with Crippen LogP contribution in [0.15, 0.2) is 0 Å². The minimum Gasteiger partial charge on any atom is -0.481 e. The molecule has 0 unspecified atom stereocenters. The molecule has 0 saturated heterocycles. The molecule has 176 valence electrons. The summed E-state index contributed by atoms with van der Waals surface area (Å²) in [5, 5.41) is 11.3. The molecule has 0 radical (unpaired) electrons. The van der Waals surface area contributed by atoms with E-state index in [0.717, 1.165) is 19.3 Å². The van der Waals surface area contributed by atoms with Crippen molar-refractivity contribution >= 4 is 17.8 Å². The molecule has 0 aliphatic rings. The van der Waals surface area contributed by atoms with Crippen molar-refractivity contribution in [3.63, 3.8) is 0 Å². The molecule has 0 aromatic rings. The van der Waals surface area contributed by atoms with Crippen LogP contribution in [0.3, 0.4) is 0 Å². The fourth-order valence-electron chi connectivity index (χ4n) is 3.58. The first-order chi connectivity index (χ1) is 14.5. The molecule has 0 heterocycles. The van der Waals surface area contributed by atoms with Gasteiger partial charge < -0.3 is 15.2 Å². The van der Waals surface area contributed by atoms with Gasteiger partial charge >= 0.3 is 11.9 Å². The summed E-state index contributed by atoms with van der Waals surface area (Å²) < 4.78 is 4.63. The number of ether oxygens (including phenoxy) is 1. The zero-order chi connectivity index (χ0) is 22.5. The molecule has 0 aromatic heterocycles. The van der Waals surface area contributed by atoms with Gasteiger partial charge in [0.25, 0.3) is 0 Å². The lowest BCUT2D eigenvalue weighted by Crippen LogP contribution is -2.41. The van der Waals surface area contributed by atoms with Gasteiger partial charge in [0.1, 0.15) is 6.04 Å². The molecule has 30 heavy (non-hydrogen) atoms. The molecule has 0 rings (SSSR count). The van der Waals surface area contributed by atoms with Gasteiger partial charge in [-0.15, -0.1) is 0 Å². The van der Waals surface area contributed by atoms with E-state index in [1.165, 1.54) is 84.2 Å². The SMILES string of the molecule is CCCCCCCCCCCCCCCCCC(=O)N[C@@H](CCC(=O)O)C(=O)OC. The van der Waals surface area contributed by atoms with Gasteiger partial charge in [-0.05, 0) is 12.8 Å². The predicted molar refractivity (Wildman–Crippen MR) is 120 cm³/mol. The Balaban J connectivity index is 3.55. The van der Waals surface area contributed by atoms with Crippen molar-refractivity contribution in [2.45, 2.75) is 129 Å². The number of nitrogens with one attached hydrogen (secondary N) is 1. The zero-order valence-corrected chi connectivity index (χ0v) is 19.4. The second-order valence-electron chi connectivity index (χ2n) is 8.28. The second kappa shape index (κ2) is 20.7. The highest BCUT2D eigenvalue weighted by molar-refractivity contribution is 5.84. The van der Waals surface area contributed by atoms with Gasteiger partial charge in [0, 0.05) is 12.8 Å². The third-order valence-electron chi connectivity index (χ3n) is 5.48. The van der Waals surface area contributed by atoms with Crippen molar-refractivity contribution in [3.05, 3.63) is 0 Å². The molecule has 0 fully saturated rings. The lowest BCUT2D eigenvalue weighted by molar-refractivity contribution is -0.146. The number of carbonyl (C=O) groups is 3. The third kappa shape index (κ3) is 18.4. The topological polar surface area (TPSA) is 92.7 Å². The predicted octanol–water partition coefficient (Wildman–Crippen LogP) is 5.77. The van der Waals surface area contributed by atoms with Gasteiger partial charge in [0.05, 0.1) is 7.11 Å². The zero-order valence-electron chi connectivity index (χ0n) is 19.4. The number of unbranched alkanes of at least 4 members (excludes halogenated alkanes) is 14. The largest absolute Gasteiger partial charge is 0.481 e. The van der Waals surface area contributed by atoms with Crippen LogP contribution in [-0.4, -0.2) is 36.1 Å². The van der Waals surface area contributed by atoms with E-state index in [0.29, 0.717) is 6.42 Å². The van der Waals surface area contributed by atoms with Crippen LogP contribution in [-0.2, 0) is 19.1 Å². The van der Waals surface area contributed by atoms with Gasteiger partial charge in [0.15, 0.2) is 0 Å². The third-order valence-corrected chi connectivity index (χ3v) is 5.48. The minimum absolute atomic E-state index is 0.0482. The smallest absolute Gasteiger partial charge is 0.328 e. The van der Waals surface area contributed by atoms with Crippen molar-refractivity contribution in [1.82, 2.24) is 5.32 Å². The number of carboxylic acids is 1. The Labute approximate surface area is 183 Å². The Morgan fingerprint density at radius 3 is 1.57 bits per heavy atom. The number of rotatable bonds is 21. The Bertz CT molecular complexity index is 453. The molecule has 0 aliphatic carbocycles. The summed E-state index contributed by atoms with van der Waals surface area (Å²) in [5.41, 5.74) is 0. The van der Waals surface area contributed by atoms with Crippen LogP contribution in [0.5, 0.6) is 0 Å². The van der Waals surface area contributed by atoms with E-state index >= 15 is 0 Å². The first kappa shape index (κ1) is 28.4. The molecule has 0 aliphatic heterocycles. The average molecular weight is 428 g/mol. The van der Waals surface area contributed by atoms with Crippen molar-refractivity contribution in [2.24, 2.45) is 0 Å². The number of amides is 1. The molecule has 6 nitrogen and oxygen atoms in total. The summed E-state index contributed by atoms with van der Waals surface area (Å²) in [7, 11) is 1.23. The van der Waals surface area contributed by atoms with E-state index in [4.69, 9.17) is 5.11 Å². The average Bonchev–Trinajstić information content (AvgIpc) is 2.73. The Hall–Kier alpha value is -1.59. The van der Waals surface area contributed by atoms with E-state index in [9.17, 15) is 14.4 Å². The van der Waals surface area contributed by atoms with E-state index in [2.05, 4.69) is 17.0 Å². The minimum atomic E-state index is -0.999. The molecule has 1 atom stereocenters. The molecular formula is C24H45NO5. The van der Waals surface area contributed by atoms with E-state index in [1.54, 1.807) is 0 Å². The normalized spacial score (nSPS) is 11.8. The van der Waals surface area contributed by atoms with E-state index in [1.807, 2.05) is 0 Å². The Morgan fingerprint density at radius 2 is 1.17 bits per heavy atom. The maximum absolute atomic E-state index is 12.0. The standard InChI is InChI=1S/C24H45NO5/c1-3-4-5-6-7-8-9-10-11-12-13-14-15-16-17-18-22(26)25-21(24(29)30-2)19-20-23(27)28/h21H,3-20H2,1-2H3,(H,25,26)(H,27,28)/t21-/m0/s1. The quantitative estimate of drug-likeness (QED) is 0.179. The van der Waals surface area contributed by atoms with Crippen LogP contribution in [0.4, 0.5) is 0 Å². The van der Waals surface area contributed by atoms with Gasteiger partial charge in [0.2, 0.25) is 5.91 Å².